The maximum Gasteiger partial charge on any atom is 0.321 e. The number of hydrogen-bond donors (Lipinski definition) is 1. The molecule has 1 aliphatic rings. The van der Waals surface area contributed by atoms with Crippen molar-refractivity contribution >= 4 is 35.1 Å². The number of ketones is 1. The summed E-state index contributed by atoms with van der Waals surface area (Å²) in [5, 5.41) is 3.47. The van der Waals surface area contributed by atoms with Crippen molar-refractivity contribution < 1.29 is 19.1 Å². The predicted octanol–water partition coefficient (Wildman–Crippen LogP) is 4.96. The van der Waals surface area contributed by atoms with E-state index >= 15 is 0 Å². The monoisotopic (exact) mass is 442 g/mol. The summed E-state index contributed by atoms with van der Waals surface area (Å²) in [5.74, 6) is -0.308. The van der Waals surface area contributed by atoms with E-state index in [-0.39, 0.29) is 17.8 Å². The van der Waals surface area contributed by atoms with Gasteiger partial charge in [0.15, 0.2) is 5.78 Å². The molecule has 1 heterocycles. The van der Waals surface area contributed by atoms with Crippen molar-refractivity contribution in [2.24, 2.45) is 5.41 Å². The topological polar surface area (TPSA) is 75.7 Å². The average molecular weight is 443 g/mol. The number of anilines is 1. The quantitative estimate of drug-likeness (QED) is 0.506. The number of esters is 1. The van der Waals surface area contributed by atoms with Gasteiger partial charge in [0.1, 0.15) is 0 Å². The first-order chi connectivity index (χ1) is 14.8. The number of carbonyl (C=O) groups excluding carboxylic acids is 3. The molecule has 3 rings (SSSR count). The predicted molar refractivity (Wildman–Crippen MR) is 120 cm³/mol. The molecule has 1 fully saturated rings. The second-order valence-corrected chi connectivity index (χ2v) is 8.23. The molecular weight excluding hydrogens is 416 g/mol. The van der Waals surface area contributed by atoms with Crippen LogP contribution < -0.4 is 5.32 Å². The van der Waals surface area contributed by atoms with E-state index < -0.39 is 5.41 Å². The van der Waals surface area contributed by atoms with Gasteiger partial charge < -0.3 is 15.0 Å². The van der Waals surface area contributed by atoms with Crippen molar-refractivity contribution in [2.45, 2.75) is 33.1 Å². The largest absolute Gasteiger partial charge is 0.466 e. The van der Waals surface area contributed by atoms with Crippen LogP contribution in [0.3, 0.4) is 0 Å². The molecular formula is C24H27ClN2O4. The fraction of sp³-hybridized carbons (Fsp3) is 0.375. The SMILES string of the molecule is CCOC(=O)C1(Cc2ccccc2Cl)CCN(C(=O)Nc2cccc(C(C)=O)c2)CC1. The Hall–Kier alpha value is -2.86. The van der Waals surface area contributed by atoms with E-state index in [2.05, 4.69) is 5.32 Å². The summed E-state index contributed by atoms with van der Waals surface area (Å²) in [4.78, 5) is 38.9. The lowest BCUT2D eigenvalue weighted by Crippen LogP contribution is -2.49. The standard InChI is InChI=1S/C24H27ClN2O4/c1-3-31-22(29)24(16-19-7-4-5-10-21(19)25)11-13-27(14-12-24)23(30)26-20-9-6-8-18(15-20)17(2)28/h4-10,15H,3,11-14,16H2,1-2H3,(H,26,30). The van der Waals surface area contributed by atoms with Gasteiger partial charge in [0.2, 0.25) is 0 Å². The number of piperidine rings is 1. The van der Waals surface area contributed by atoms with Gasteiger partial charge in [-0.1, -0.05) is 41.9 Å². The van der Waals surface area contributed by atoms with Crippen LogP contribution in [0.2, 0.25) is 5.02 Å². The molecule has 0 aliphatic carbocycles. The first kappa shape index (κ1) is 22.8. The molecule has 164 valence electrons. The molecule has 0 spiro atoms. The van der Waals surface area contributed by atoms with Crippen LogP contribution in [-0.2, 0) is 16.0 Å². The Kier molecular flexibility index (Phi) is 7.33. The van der Waals surface area contributed by atoms with Crippen LogP contribution in [0, 0.1) is 5.41 Å². The van der Waals surface area contributed by atoms with E-state index in [0.717, 1.165) is 5.56 Å². The minimum Gasteiger partial charge on any atom is -0.466 e. The van der Waals surface area contributed by atoms with Crippen LogP contribution in [0.25, 0.3) is 0 Å². The van der Waals surface area contributed by atoms with Crippen molar-refractivity contribution in [1.29, 1.82) is 0 Å². The maximum absolute atomic E-state index is 12.9. The van der Waals surface area contributed by atoms with E-state index in [0.29, 0.717) is 55.2 Å². The Labute approximate surface area is 187 Å². The van der Waals surface area contributed by atoms with Crippen LogP contribution in [0.4, 0.5) is 10.5 Å². The van der Waals surface area contributed by atoms with E-state index in [1.54, 1.807) is 36.1 Å². The number of amides is 2. The minimum atomic E-state index is -0.716. The number of ether oxygens (including phenoxy) is 1. The second-order valence-electron chi connectivity index (χ2n) is 7.82. The zero-order valence-corrected chi connectivity index (χ0v) is 18.6. The number of halogens is 1. The maximum atomic E-state index is 12.9. The second kappa shape index (κ2) is 9.96. The number of Topliss-reactive ketones (excluding diaryl/α,β-unsaturated/α-hetero) is 1. The lowest BCUT2D eigenvalue weighted by Gasteiger charge is -2.40. The van der Waals surface area contributed by atoms with Gasteiger partial charge in [-0.2, -0.15) is 0 Å². The van der Waals surface area contributed by atoms with Crippen LogP contribution in [-0.4, -0.2) is 42.4 Å². The summed E-state index contributed by atoms with van der Waals surface area (Å²) < 4.78 is 5.39. The molecule has 0 unspecified atom stereocenters. The molecule has 2 aromatic carbocycles. The Morgan fingerprint density at radius 2 is 1.81 bits per heavy atom. The molecule has 6 nitrogen and oxygen atoms in total. The first-order valence-electron chi connectivity index (χ1n) is 10.4. The van der Waals surface area contributed by atoms with E-state index in [4.69, 9.17) is 16.3 Å². The summed E-state index contributed by atoms with van der Waals surface area (Å²) in [6.45, 7) is 4.42. The third kappa shape index (κ3) is 5.44. The average Bonchev–Trinajstić information content (AvgIpc) is 2.76. The van der Waals surface area contributed by atoms with Crippen LogP contribution in [0.1, 0.15) is 42.6 Å². The number of likely N-dealkylation sites (tertiary alicyclic amines) is 1. The Bertz CT molecular complexity index is 968. The molecule has 0 atom stereocenters. The highest BCUT2D eigenvalue weighted by Gasteiger charge is 2.44. The van der Waals surface area contributed by atoms with E-state index in [1.165, 1.54) is 6.92 Å². The fourth-order valence-corrected chi connectivity index (χ4v) is 4.10. The molecule has 2 aromatic rings. The molecule has 0 bridgehead atoms. The summed E-state index contributed by atoms with van der Waals surface area (Å²) >= 11 is 6.34. The van der Waals surface area contributed by atoms with Gasteiger partial charge in [-0.25, -0.2) is 4.79 Å². The third-order valence-corrected chi connectivity index (χ3v) is 6.09. The Morgan fingerprint density at radius 1 is 1.10 bits per heavy atom. The zero-order chi connectivity index (χ0) is 22.4. The van der Waals surface area contributed by atoms with E-state index in [1.807, 2.05) is 24.3 Å². The Morgan fingerprint density at radius 3 is 2.45 bits per heavy atom. The number of hydrogen-bond acceptors (Lipinski definition) is 4. The molecule has 31 heavy (non-hydrogen) atoms. The van der Waals surface area contributed by atoms with Gasteiger partial charge in [0, 0.05) is 29.4 Å². The molecule has 0 radical (unpaired) electrons. The number of urea groups is 1. The third-order valence-electron chi connectivity index (χ3n) is 5.72. The van der Waals surface area contributed by atoms with Crippen LogP contribution in [0.15, 0.2) is 48.5 Å². The summed E-state index contributed by atoms with van der Waals surface area (Å²) in [6.07, 6.45) is 1.44. The van der Waals surface area contributed by atoms with Gasteiger partial charge in [-0.3, -0.25) is 9.59 Å². The first-order valence-corrected chi connectivity index (χ1v) is 10.8. The van der Waals surface area contributed by atoms with Crippen molar-refractivity contribution in [1.82, 2.24) is 4.90 Å². The van der Waals surface area contributed by atoms with Crippen molar-refractivity contribution in [3.05, 3.63) is 64.7 Å². The minimum absolute atomic E-state index is 0.0622. The van der Waals surface area contributed by atoms with Gasteiger partial charge in [0.05, 0.1) is 12.0 Å². The highest BCUT2D eigenvalue weighted by atomic mass is 35.5. The van der Waals surface area contributed by atoms with Gasteiger partial charge >= 0.3 is 12.0 Å². The molecule has 7 heteroatoms. The smallest absolute Gasteiger partial charge is 0.321 e. The van der Waals surface area contributed by atoms with Gasteiger partial charge in [-0.05, 0) is 56.9 Å². The van der Waals surface area contributed by atoms with E-state index in [9.17, 15) is 14.4 Å². The lowest BCUT2D eigenvalue weighted by molar-refractivity contribution is -0.158. The molecule has 0 saturated carbocycles. The molecule has 2 amide bonds. The number of nitrogens with one attached hydrogen (secondary N) is 1. The molecule has 1 saturated heterocycles. The highest BCUT2D eigenvalue weighted by Crippen LogP contribution is 2.38. The zero-order valence-electron chi connectivity index (χ0n) is 17.8. The number of benzene rings is 2. The summed E-state index contributed by atoms with van der Waals surface area (Å²) in [7, 11) is 0. The van der Waals surface area contributed by atoms with Gasteiger partial charge in [0.25, 0.3) is 0 Å². The summed E-state index contributed by atoms with van der Waals surface area (Å²) in [5.41, 5.74) is 1.29. The number of nitrogens with zero attached hydrogens (tertiary/aromatic N) is 1. The van der Waals surface area contributed by atoms with Crippen molar-refractivity contribution in [3.63, 3.8) is 0 Å². The normalized spacial score (nSPS) is 15.3. The molecule has 1 N–H and O–H groups in total. The number of rotatable bonds is 6. The van der Waals surface area contributed by atoms with Crippen molar-refractivity contribution in [2.75, 3.05) is 25.0 Å². The van der Waals surface area contributed by atoms with Gasteiger partial charge in [-0.15, -0.1) is 0 Å². The van der Waals surface area contributed by atoms with Crippen LogP contribution >= 0.6 is 11.6 Å². The summed E-state index contributed by atoms with van der Waals surface area (Å²) in [6, 6.07) is 14.1. The fourth-order valence-electron chi connectivity index (χ4n) is 3.90. The number of carbonyl (C=O) groups is 3. The molecule has 1 aliphatic heterocycles. The highest BCUT2D eigenvalue weighted by molar-refractivity contribution is 6.31. The molecule has 0 aromatic heterocycles. The Balaban J connectivity index is 1.70. The lowest BCUT2D eigenvalue weighted by atomic mass is 9.73. The van der Waals surface area contributed by atoms with Crippen LogP contribution in [0.5, 0.6) is 0 Å². The van der Waals surface area contributed by atoms with Crippen molar-refractivity contribution in [3.8, 4) is 0 Å².